The monoisotopic (exact) mass is 815 g/mol. The van der Waals surface area contributed by atoms with Crippen molar-refractivity contribution in [2.75, 3.05) is 11.5 Å². The van der Waals surface area contributed by atoms with Crippen LogP contribution in [-0.4, -0.2) is 82.5 Å². The highest BCUT2D eigenvalue weighted by molar-refractivity contribution is 8.00. The van der Waals surface area contributed by atoms with Crippen LogP contribution in [0.3, 0.4) is 0 Å². The van der Waals surface area contributed by atoms with Crippen molar-refractivity contribution in [3.8, 4) is 0 Å². The second kappa shape index (κ2) is 19.2. The summed E-state index contributed by atoms with van der Waals surface area (Å²) in [7, 11) is 0. The zero-order chi connectivity index (χ0) is 42.1. The molecule has 0 fully saturated rings. The molecule has 0 saturated carbocycles. The lowest BCUT2D eigenvalue weighted by Gasteiger charge is -2.28. The molecule has 0 aromatic heterocycles. The summed E-state index contributed by atoms with van der Waals surface area (Å²) < 4.78 is 92.1. The lowest BCUT2D eigenvalue weighted by atomic mass is 9.81. The van der Waals surface area contributed by atoms with Crippen LogP contribution >= 0.6 is 11.8 Å². The summed E-state index contributed by atoms with van der Waals surface area (Å²) in [4.78, 5) is 71.2. The van der Waals surface area contributed by atoms with E-state index in [1.165, 1.54) is 0 Å². The van der Waals surface area contributed by atoms with Gasteiger partial charge in [0.1, 0.15) is 23.0 Å². The fourth-order valence-electron chi connectivity index (χ4n) is 5.76. The van der Waals surface area contributed by atoms with Crippen molar-refractivity contribution < 1.29 is 59.8 Å². The van der Waals surface area contributed by atoms with Gasteiger partial charge in [0.05, 0.1) is 11.5 Å². The number of benzene rings is 2. The molecule has 1 aliphatic heterocycles. The highest BCUT2D eigenvalue weighted by Crippen LogP contribution is 2.34. The van der Waals surface area contributed by atoms with Gasteiger partial charge in [0, 0.05) is 48.0 Å². The molecule has 0 spiro atoms. The zero-order valence-corrected chi connectivity index (χ0v) is 32.8. The predicted octanol–water partition coefficient (Wildman–Crippen LogP) is 7.55. The fraction of sp³-hybridized carbons (Fsp3) is 0.538. The van der Waals surface area contributed by atoms with Gasteiger partial charge in [-0.25, -0.2) is 9.59 Å². The third-order valence-electron chi connectivity index (χ3n) is 8.15. The van der Waals surface area contributed by atoms with Gasteiger partial charge in [-0.05, 0) is 59.9 Å². The molecule has 1 aliphatic rings. The average Bonchev–Trinajstić information content (AvgIpc) is 3.19. The van der Waals surface area contributed by atoms with Crippen LogP contribution in [0.4, 0.5) is 31.1 Å². The van der Waals surface area contributed by atoms with Crippen molar-refractivity contribution in [1.82, 2.24) is 10.6 Å². The summed E-state index contributed by atoms with van der Waals surface area (Å²) in [5.74, 6) is -8.64. The first-order valence-electron chi connectivity index (χ1n) is 17.8. The number of hydrogen-bond acceptors (Lipinski definition) is 9. The molecule has 56 heavy (non-hydrogen) atoms. The Morgan fingerprint density at radius 1 is 0.804 bits per heavy atom. The molecule has 0 radical (unpaired) electrons. The van der Waals surface area contributed by atoms with Gasteiger partial charge in [0.15, 0.2) is 11.9 Å². The van der Waals surface area contributed by atoms with Gasteiger partial charge in [0.2, 0.25) is 5.91 Å². The number of nitrogens with one attached hydrogen (secondary N) is 2. The number of carbonyl (C=O) groups is 5. The molecule has 0 saturated heterocycles. The van der Waals surface area contributed by atoms with Gasteiger partial charge in [-0.2, -0.15) is 38.1 Å². The van der Waals surface area contributed by atoms with Crippen LogP contribution in [0.5, 0.6) is 0 Å². The van der Waals surface area contributed by atoms with E-state index >= 15 is 0 Å². The summed E-state index contributed by atoms with van der Waals surface area (Å²) >= 11 is 0.696. The number of Topliss-reactive ketones (excluding diaryl/α,β-unsaturated/α-hetero) is 2. The van der Waals surface area contributed by atoms with Crippen molar-refractivity contribution in [3.63, 3.8) is 0 Å². The van der Waals surface area contributed by atoms with E-state index in [1.54, 1.807) is 96.1 Å². The molecule has 2 amide bonds. The van der Waals surface area contributed by atoms with Gasteiger partial charge in [0.25, 0.3) is 0 Å². The standard InChI is InChI=1S/C39H47F6N3O7S/c1-36(2,3)54-34(52)28(46-35(53)55-37(4,5)6)21-56-22-30(50)26(16-18-38(40,41)42)27(17-19-39(43,44)45)33(51)48-32-29(49)20-24-14-10-11-15-25(24)31(47-32)23-12-8-7-9-13-23/h7-15,26-28,32H,16-22H2,1-6H3,(H,46,53)(H,48,51)/t26-,27+,28-,32+/m0/s1. The first kappa shape index (κ1) is 46.0. The van der Waals surface area contributed by atoms with E-state index in [0.29, 0.717) is 34.2 Å². The summed E-state index contributed by atoms with van der Waals surface area (Å²) in [5, 5.41) is 4.71. The number of hydrogen-bond donors (Lipinski definition) is 2. The number of nitrogens with zero attached hydrogens (tertiary/aromatic N) is 1. The molecule has 0 unspecified atom stereocenters. The van der Waals surface area contributed by atoms with Gasteiger partial charge in [-0.1, -0.05) is 54.6 Å². The normalized spacial score (nSPS) is 16.7. The van der Waals surface area contributed by atoms with E-state index in [-0.39, 0.29) is 12.2 Å². The molecule has 10 nitrogen and oxygen atoms in total. The molecule has 2 aromatic carbocycles. The molecule has 1 heterocycles. The number of esters is 1. The van der Waals surface area contributed by atoms with Crippen LogP contribution in [-0.2, 0) is 35.1 Å². The second-order valence-electron chi connectivity index (χ2n) is 15.3. The third kappa shape index (κ3) is 15.6. The van der Waals surface area contributed by atoms with Gasteiger partial charge in [-0.15, -0.1) is 0 Å². The SMILES string of the molecule is CC(C)(C)OC(=O)N[C@@H](CSCC(=O)[C@@H](CCC(F)(F)F)[C@@H](CCC(F)(F)F)C(=O)N[C@H]1N=C(c2ccccc2)c2ccccc2CC1=O)C(=O)OC(C)(C)C. The summed E-state index contributed by atoms with van der Waals surface area (Å²) in [6.07, 6.45) is -17.9. The zero-order valence-electron chi connectivity index (χ0n) is 31.9. The number of aliphatic imine (C=N–C) groups is 1. The number of alkyl halides is 6. The number of fused-ring (bicyclic) bond motifs is 1. The minimum absolute atomic E-state index is 0.225. The Balaban J connectivity index is 1.94. The molecule has 0 bridgehead atoms. The maximum Gasteiger partial charge on any atom is 0.408 e. The third-order valence-corrected chi connectivity index (χ3v) is 9.21. The fourth-order valence-corrected chi connectivity index (χ4v) is 6.75. The van der Waals surface area contributed by atoms with E-state index in [2.05, 4.69) is 15.6 Å². The highest BCUT2D eigenvalue weighted by atomic mass is 32.2. The Kier molecular flexibility index (Phi) is 15.7. The topological polar surface area (TPSA) is 140 Å². The van der Waals surface area contributed by atoms with Crippen LogP contribution in [0, 0.1) is 11.8 Å². The van der Waals surface area contributed by atoms with E-state index in [0.717, 1.165) is 0 Å². The molecule has 0 aliphatic carbocycles. The van der Waals surface area contributed by atoms with Crippen molar-refractivity contribution in [2.45, 2.75) is 109 Å². The highest BCUT2D eigenvalue weighted by Gasteiger charge is 2.41. The van der Waals surface area contributed by atoms with Crippen LogP contribution in [0.15, 0.2) is 59.6 Å². The minimum atomic E-state index is -4.85. The number of ketones is 2. The molecule has 4 atom stereocenters. The Bertz CT molecular complexity index is 1740. The van der Waals surface area contributed by atoms with Crippen molar-refractivity contribution in [3.05, 3.63) is 71.3 Å². The summed E-state index contributed by atoms with van der Waals surface area (Å²) in [6, 6.07) is 14.0. The maximum atomic E-state index is 13.9. The van der Waals surface area contributed by atoms with Gasteiger partial charge >= 0.3 is 24.4 Å². The molecule has 3 rings (SSSR count). The smallest absolute Gasteiger partial charge is 0.408 e. The Hall–Kier alpha value is -4.41. The second-order valence-corrected chi connectivity index (χ2v) is 16.3. The van der Waals surface area contributed by atoms with E-state index in [1.807, 2.05) is 0 Å². The van der Waals surface area contributed by atoms with Crippen molar-refractivity contribution in [1.29, 1.82) is 0 Å². The minimum Gasteiger partial charge on any atom is -0.458 e. The number of thioether (sulfide) groups is 1. The van der Waals surface area contributed by atoms with E-state index < -0.39 is 109 Å². The molecule has 17 heteroatoms. The number of alkyl carbamates (subject to hydrolysis) is 1. The van der Waals surface area contributed by atoms with Crippen molar-refractivity contribution >= 4 is 47.0 Å². The molecule has 2 aromatic rings. The number of amides is 2. The summed E-state index contributed by atoms with van der Waals surface area (Å²) in [6.45, 7) is 9.44. The van der Waals surface area contributed by atoms with E-state index in [4.69, 9.17) is 9.47 Å². The Morgan fingerprint density at radius 2 is 1.36 bits per heavy atom. The first-order chi connectivity index (χ1) is 25.8. The Labute approximate surface area is 325 Å². The number of carbonyl (C=O) groups excluding carboxylic acids is 5. The molecule has 308 valence electrons. The summed E-state index contributed by atoms with van der Waals surface area (Å²) in [5.41, 5.74) is 0.0302. The van der Waals surface area contributed by atoms with Gasteiger partial charge < -0.3 is 20.1 Å². The van der Waals surface area contributed by atoms with Crippen LogP contribution < -0.4 is 10.6 Å². The molecule has 2 N–H and O–H groups in total. The molecular formula is C39H47F6N3O7S. The number of ether oxygens (including phenoxy) is 2. The van der Waals surface area contributed by atoms with Crippen LogP contribution in [0.2, 0.25) is 0 Å². The predicted molar refractivity (Wildman–Crippen MR) is 198 cm³/mol. The van der Waals surface area contributed by atoms with E-state index in [9.17, 15) is 50.3 Å². The van der Waals surface area contributed by atoms with Crippen LogP contribution in [0.25, 0.3) is 0 Å². The largest absolute Gasteiger partial charge is 0.458 e. The van der Waals surface area contributed by atoms with Crippen molar-refractivity contribution in [2.24, 2.45) is 16.8 Å². The van der Waals surface area contributed by atoms with Gasteiger partial charge in [-0.3, -0.25) is 19.4 Å². The molecular weight excluding hydrogens is 768 g/mol. The number of halogens is 6. The maximum absolute atomic E-state index is 13.9. The first-order valence-corrected chi connectivity index (χ1v) is 19.0. The van der Waals surface area contributed by atoms with Crippen LogP contribution in [0.1, 0.15) is 83.9 Å². The Morgan fingerprint density at radius 3 is 1.93 bits per heavy atom. The average molecular weight is 816 g/mol. The quantitative estimate of drug-likeness (QED) is 0.139. The lowest BCUT2D eigenvalue weighted by molar-refractivity contribution is -0.156. The lowest BCUT2D eigenvalue weighted by Crippen LogP contribution is -2.48. The number of rotatable bonds is 15.